The molecule has 0 aromatic rings. The van der Waals surface area contributed by atoms with E-state index >= 15 is 0 Å². The summed E-state index contributed by atoms with van der Waals surface area (Å²) in [5.74, 6) is 3.41. The topological polar surface area (TPSA) is 9.23 Å². The Morgan fingerprint density at radius 3 is 1.88 bits per heavy atom. The molecule has 0 aromatic carbocycles. The Morgan fingerprint density at radius 2 is 1.62 bits per heavy atom. The van der Waals surface area contributed by atoms with Crippen LogP contribution in [0.4, 0.5) is 0 Å². The number of terminal acetylenes is 1. The monoisotopic (exact) mass is 240 g/mol. The molecule has 94 valence electrons. The molecule has 0 amide bonds. The Balaban J connectivity index is 4.87. The number of rotatable bonds is 4. The van der Waals surface area contributed by atoms with Gasteiger partial charge in [0.2, 0.25) is 0 Å². The smallest absolute Gasteiger partial charge is 0.194 e. The van der Waals surface area contributed by atoms with Crippen molar-refractivity contribution in [1.82, 2.24) is 0 Å². The van der Waals surface area contributed by atoms with Gasteiger partial charge in [0, 0.05) is 0 Å². The highest BCUT2D eigenvalue weighted by Gasteiger charge is 2.42. The summed E-state index contributed by atoms with van der Waals surface area (Å²) in [4.78, 5) is 0. The summed E-state index contributed by atoms with van der Waals surface area (Å²) in [5.41, 5.74) is -0.406. The van der Waals surface area contributed by atoms with Gasteiger partial charge in [0.1, 0.15) is 5.60 Å². The van der Waals surface area contributed by atoms with Crippen LogP contribution in [0.25, 0.3) is 0 Å². The van der Waals surface area contributed by atoms with Crippen molar-refractivity contribution in [1.29, 1.82) is 0 Å². The summed E-state index contributed by atoms with van der Waals surface area (Å²) in [6.45, 7) is 17.6. The average Bonchev–Trinajstić information content (AvgIpc) is 1.99. The van der Waals surface area contributed by atoms with Crippen LogP contribution < -0.4 is 0 Å². The fourth-order valence-electron chi connectivity index (χ4n) is 1.63. The molecular weight excluding hydrogens is 212 g/mol. The minimum Gasteiger partial charge on any atom is -0.401 e. The molecule has 0 saturated heterocycles. The lowest BCUT2D eigenvalue weighted by molar-refractivity contribution is 0.108. The molecule has 0 heterocycles. The second kappa shape index (κ2) is 4.94. The minimum atomic E-state index is -1.77. The van der Waals surface area contributed by atoms with Gasteiger partial charge in [0.05, 0.1) is 0 Å². The molecule has 0 spiro atoms. The lowest BCUT2D eigenvalue weighted by atomic mass is 9.95. The molecule has 0 unspecified atom stereocenters. The van der Waals surface area contributed by atoms with E-state index in [-0.39, 0.29) is 5.04 Å². The average molecular weight is 240 g/mol. The highest BCUT2D eigenvalue weighted by atomic mass is 28.4. The zero-order valence-electron chi connectivity index (χ0n) is 12.3. The second-order valence-corrected chi connectivity index (χ2v) is 11.6. The zero-order chi connectivity index (χ0) is 13.2. The Hall–Kier alpha value is -0.263. The lowest BCUT2D eigenvalue weighted by Crippen LogP contribution is -2.48. The van der Waals surface area contributed by atoms with Crippen molar-refractivity contribution in [2.24, 2.45) is 5.92 Å². The Morgan fingerprint density at radius 1 is 1.19 bits per heavy atom. The van der Waals surface area contributed by atoms with E-state index in [0.717, 1.165) is 6.42 Å². The summed E-state index contributed by atoms with van der Waals surface area (Å²) >= 11 is 0. The fraction of sp³-hybridized carbons (Fsp3) is 0.857. The summed E-state index contributed by atoms with van der Waals surface area (Å²) in [6, 6.07) is 0. The Labute approximate surface area is 103 Å². The van der Waals surface area contributed by atoms with Crippen LogP contribution in [0, 0.1) is 18.3 Å². The number of hydrogen-bond donors (Lipinski definition) is 0. The van der Waals surface area contributed by atoms with Crippen LogP contribution in [-0.2, 0) is 4.43 Å². The predicted octanol–water partition coefficient (Wildman–Crippen LogP) is 4.45. The maximum atomic E-state index is 6.35. The first-order chi connectivity index (χ1) is 6.93. The molecule has 0 fully saturated rings. The lowest BCUT2D eigenvalue weighted by Gasteiger charge is -2.42. The van der Waals surface area contributed by atoms with E-state index in [0.29, 0.717) is 5.92 Å². The first kappa shape index (κ1) is 15.7. The first-order valence-electron chi connectivity index (χ1n) is 6.11. The SMILES string of the molecule is C#C[C@@](C)(CC(C)C)O[Si](C)(C)C(C)(C)C. The van der Waals surface area contributed by atoms with Gasteiger partial charge >= 0.3 is 0 Å². The van der Waals surface area contributed by atoms with Gasteiger partial charge in [0.25, 0.3) is 0 Å². The molecule has 1 nitrogen and oxygen atoms in total. The van der Waals surface area contributed by atoms with Gasteiger partial charge in [-0.15, -0.1) is 6.42 Å². The van der Waals surface area contributed by atoms with Crippen LogP contribution in [0.5, 0.6) is 0 Å². The van der Waals surface area contributed by atoms with Crippen LogP contribution in [0.3, 0.4) is 0 Å². The molecule has 0 aliphatic rings. The maximum absolute atomic E-state index is 6.35. The molecule has 0 aliphatic carbocycles. The van der Waals surface area contributed by atoms with Gasteiger partial charge in [0.15, 0.2) is 8.32 Å². The van der Waals surface area contributed by atoms with Crippen LogP contribution in [0.15, 0.2) is 0 Å². The van der Waals surface area contributed by atoms with Crippen LogP contribution in [0.1, 0.15) is 48.0 Å². The van der Waals surface area contributed by atoms with Gasteiger partial charge < -0.3 is 4.43 Å². The van der Waals surface area contributed by atoms with E-state index < -0.39 is 13.9 Å². The Bertz CT molecular complexity index is 267. The van der Waals surface area contributed by atoms with Crippen molar-refractivity contribution in [3.8, 4) is 12.3 Å². The molecular formula is C14H28OSi. The summed E-state index contributed by atoms with van der Waals surface area (Å²) in [7, 11) is -1.77. The third-order valence-electron chi connectivity index (χ3n) is 3.39. The van der Waals surface area contributed by atoms with Crippen molar-refractivity contribution < 1.29 is 4.43 Å². The number of hydrogen-bond acceptors (Lipinski definition) is 1. The van der Waals surface area contributed by atoms with E-state index in [1.54, 1.807) is 0 Å². The van der Waals surface area contributed by atoms with Crippen molar-refractivity contribution in [3.05, 3.63) is 0 Å². The van der Waals surface area contributed by atoms with E-state index in [1.165, 1.54) is 0 Å². The Kier molecular flexibility index (Phi) is 4.85. The molecule has 0 aliphatic heterocycles. The van der Waals surface area contributed by atoms with Crippen molar-refractivity contribution in [2.75, 3.05) is 0 Å². The molecule has 0 radical (unpaired) electrons. The quantitative estimate of drug-likeness (QED) is 0.521. The zero-order valence-corrected chi connectivity index (χ0v) is 13.3. The molecule has 1 atom stereocenters. The van der Waals surface area contributed by atoms with E-state index in [2.05, 4.69) is 53.6 Å². The van der Waals surface area contributed by atoms with E-state index in [4.69, 9.17) is 10.8 Å². The van der Waals surface area contributed by atoms with Gasteiger partial charge in [-0.2, -0.15) is 0 Å². The van der Waals surface area contributed by atoms with Crippen molar-refractivity contribution in [3.63, 3.8) is 0 Å². The third kappa shape index (κ3) is 4.31. The standard InChI is InChI=1S/C14H28OSi/c1-10-14(7,11-12(2)3)15-16(8,9)13(4,5)6/h1,12H,11H2,2-9H3/t14-/m0/s1. The largest absolute Gasteiger partial charge is 0.401 e. The minimum absolute atomic E-state index is 0.210. The third-order valence-corrected chi connectivity index (χ3v) is 7.96. The van der Waals surface area contributed by atoms with Gasteiger partial charge in [-0.1, -0.05) is 40.5 Å². The van der Waals surface area contributed by atoms with Gasteiger partial charge in [-0.3, -0.25) is 0 Å². The highest BCUT2D eigenvalue weighted by molar-refractivity contribution is 6.74. The van der Waals surface area contributed by atoms with Crippen LogP contribution >= 0.6 is 0 Å². The van der Waals surface area contributed by atoms with Crippen LogP contribution in [0.2, 0.25) is 18.1 Å². The van der Waals surface area contributed by atoms with Crippen molar-refractivity contribution in [2.45, 2.75) is 71.7 Å². The van der Waals surface area contributed by atoms with Gasteiger partial charge in [-0.25, -0.2) is 0 Å². The summed E-state index contributed by atoms with van der Waals surface area (Å²) < 4.78 is 6.35. The molecule has 0 rings (SSSR count). The molecule has 2 heteroatoms. The molecule has 0 saturated carbocycles. The van der Waals surface area contributed by atoms with Gasteiger partial charge in [-0.05, 0) is 37.4 Å². The summed E-state index contributed by atoms with van der Waals surface area (Å²) in [6.07, 6.45) is 6.58. The van der Waals surface area contributed by atoms with E-state index in [9.17, 15) is 0 Å². The summed E-state index contributed by atoms with van der Waals surface area (Å²) in [5, 5.41) is 0.210. The van der Waals surface area contributed by atoms with Crippen molar-refractivity contribution >= 4 is 8.32 Å². The molecule has 0 N–H and O–H groups in total. The predicted molar refractivity (Wildman–Crippen MR) is 75.0 cm³/mol. The van der Waals surface area contributed by atoms with Crippen LogP contribution in [-0.4, -0.2) is 13.9 Å². The first-order valence-corrected chi connectivity index (χ1v) is 9.02. The fourth-order valence-corrected chi connectivity index (χ4v) is 3.20. The molecule has 16 heavy (non-hydrogen) atoms. The second-order valence-electron chi connectivity index (χ2n) is 6.84. The highest BCUT2D eigenvalue weighted by Crippen LogP contribution is 2.40. The molecule has 0 aromatic heterocycles. The molecule has 0 bridgehead atoms. The van der Waals surface area contributed by atoms with E-state index in [1.807, 2.05) is 6.92 Å². The maximum Gasteiger partial charge on any atom is 0.194 e. The normalized spacial score (nSPS) is 17.0.